The quantitative estimate of drug-likeness (QED) is 0.420. The van der Waals surface area contributed by atoms with Gasteiger partial charge in [-0.25, -0.2) is 4.39 Å². The maximum Gasteiger partial charge on any atom is 0.200 e. The van der Waals surface area contributed by atoms with Crippen LogP contribution < -0.4 is 4.74 Å². The van der Waals surface area contributed by atoms with Gasteiger partial charge in [-0.15, -0.1) is 0 Å². The van der Waals surface area contributed by atoms with Crippen molar-refractivity contribution in [2.75, 3.05) is 13.2 Å². The highest BCUT2D eigenvalue weighted by atomic mass is 19.2. The highest BCUT2D eigenvalue weighted by Crippen LogP contribution is 2.46. The molecule has 32 heavy (non-hydrogen) atoms. The van der Waals surface area contributed by atoms with Crippen LogP contribution in [0.3, 0.4) is 0 Å². The fourth-order valence-corrected chi connectivity index (χ4v) is 6.87. The van der Waals surface area contributed by atoms with Crippen molar-refractivity contribution in [1.29, 1.82) is 0 Å². The summed E-state index contributed by atoms with van der Waals surface area (Å²) < 4.78 is 40.3. The first-order valence-electron chi connectivity index (χ1n) is 13.3. The summed E-state index contributed by atoms with van der Waals surface area (Å²) in [5.41, 5.74) is 0.548. The average Bonchev–Trinajstić information content (AvgIpc) is 2.83. The van der Waals surface area contributed by atoms with Gasteiger partial charge in [-0.2, -0.15) is 4.39 Å². The minimum Gasteiger partial charge on any atom is -0.491 e. The molecule has 1 aliphatic heterocycles. The van der Waals surface area contributed by atoms with Gasteiger partial charge in [-0.1, -0.05) is 19.4 Å². The Morgan fingerprint density at radius 3 is 1.94 bits per heavy atom. The smallest absolute Gasteiger partial charge is 0.200 e. The van der Waals surface area contributed by atoms with Gasteiger partial charge in [0.15, 0.2) is 11.6 Å². The summed E-state index contributed by atoms with van der Waals surface area (Å²) in [5.74, 6) is 1.87. The predicted molar refractivity (Wildman–Crippen MR) is 125 cm³/mol. The third-order valence-electron chi connectivity index (χ3n) is 8.75. The number of hydrogen-bond acceptors (Lipinski definition) is 2. The summed E-state index contributed by atoms with van der Waals surface area (Å²) in [5, 5.41) is 0. The van der Waals surface area contributed by atoms with Gasteiger partial charge in [0.05, 0.1) is 19.3 Å². The van der Waals surface area contributed by atoms with E-state index in [4.69, 9.17) is 9.47 Å². The van der Waals surface area contributed by atoms with Crippen LogP contribution in [0.2, 0.25) is 0 Å². The summed E-state index contributed by atoms with van der Waals surface area (Å²) in [6.07, 6.45) is 15.2. The molecule has 0 N–H and O–H groups in total. The number of benzene rings is 1. The Bertz CT molecular complexity index is 712. The van der Waals surface area contributed by atoms with Gasteiger partial charge in [0.25, 0.3) is 0 Å². The molecule has 3 fully saturated rings. The van der Waals surface area contributed by atoms with Crippen LogP contribution in [0, 0.1) is 35.3 Å². The van der Waals surface area contributed by atoms with Crippen molar-refractivity contribution in [2.24, 2.45) is 23.7 Å². The molecule has 0 radical (unpaired) electrons. The van der Waals surface area contributed by atoms with Crippen molar-refractivity contribution < 1.29 is 18.3 Å². The topological polar surface area (TPSA) is 18.5 Å². The molecular formula is C28H42F2O2. The zero-order chi connectivity index (χ0) is 22.5. The van der Waals surface area contributed by atoms with Crippen LogP contribution in [0.1, 0.15) is 102 Å². The van der Waals surface area contributed by atoms with Crippen molar-refractivity contribution in [1.82, 2.24) is 0 Å². The van der Waals surface area contributed by atoms with E-state index in [9.17, 15) is 8.78 Å². The highest BCUT2D eigenvalue weighted by molar-refractivity contribution is 5.33. The van der Waals surface area contributed by atoms with E-state index in [2.05, 4.69) is 6.92 Å². The van der Waals surface area contributed by atoms with Crippen LogP contribution in [-0.2, 0) is 4.74 Å². The SMILES string of the molecule is CCC[C@H]1CC[C@H](C2CCC(C3CCC(c4ccc(OCC)c(F)c4F)CC3)CC2)CO1. The average molecular weight is 449 g/mol. The molecule has 0 unspecified atom stereocenters. The third kappa shape index (κ3) is 5.48. The van der Waals surface area contributed by atoms with E-state index < -0.39 is 11.6 Å². The lowest BCUT2D eigenvalue weighted by atomic mass is 9.66. The molecule has 4 rings (SSSR count). The summed E-state index contributed by atoms with van der Waals surface area (Å²) in [7, 11) is 0. The maximum atomic E-state index is 14.6. The van der Waals surface area contributed by atoms with Gasteiger partial charge in [-0.05, 0) is 119 Å². The van der Waals surface area contributed by atoms with Crippen molar-refractivity contribution in [2.45, 2.75) is 103 Å². The third-order valence-corrected chi connectivity index (χ3v) is 8.75. The molecule has 2 saturated carbocycles. The first-order chi connectivity index (χ1) is 15.6. The van der Waals surface area contributed by atoms with Gasteiger partial charge in [-0.3, -0.25) is 0 Å². The van der Waals surface area contributed by atoms with Gasteiger partial charge in [0, 0.05) is 0 Å². The Morgan fingerprint density at radius 1 is 0.781 bits per heavy atom. The van der Waals surface area contributed by atoms with Crippen LogP contribution in [0.4, 0.5) is 8.78 Å². The first kappa shape index (κ1) is 24.0. The largest absolute Gasteiger partial charge is 0.491 e. The lowest BCUT2D eigenvalue weighted by molar-refractivity contribution is -0.0436. The van der Waals surface area contributed by atoms with Gasteiger partial charge in [0.1, 0.15) is 0 Å². The number of halogens is 2. The van der Waals surface area contributed by atoms with Gasteiger partial charge >= 0.3 is 0 Å². The van der Waals surface area contributed by atoms with Crippen molar-refractivity contribution in [3.63, 3.8) is 0 Å². The number of hydrogen-bond donors (Lipinski definition) is 0. The van der Waals surface area contributed by atoms with Gasteiger partial charge < -0.3 is 9.47 Å². The Hall–Kier alpha value is -1.16. The second-order valence-electron chi connectivity index (χ2n) is 10.6. The van der Waals surface area contributed by atoms with Crippen LogP contribution >= 0.6 is 0 Å². The van der Waals surface area contributed by atoms with Crippen LogP contribution in [-0.4, -0.2) is 19.3 Å². The molecule has 1 heterocycles. The Labute approximate surface area is 193 Å². The first-order valence-corrected chi connectivity index (χ1v) is 13.3. The minimum absolute atomic E-state index is 0.0310. The molecule has 0 spiro atoms. The lowest BCUT2D eigenvalue weighted by Crippen LogP contribution is -2.33. The van der Waals surface area contributed by atoms with Crippen LogP contribution in [0.25, 0.3) is 0 Å². The molecule has 2 aliphatic carbocycles. The second-order valence-corrected chi connectivity index (χ2v) is 10.6. The molecule has 2 atom stereocenters. The summed E-state index contributed by atoms with van der Waals surface area (Å²) in [6, 6.07) is 3.35. The summed E-state index contributed by atoms with van der Waals surface area (Å²) in [6.45, 7) is 5.36. The molecule has 3 aliphatic rings. The Kier molecular flexibility index (Phi) is 8.48. The molecule has 0 amide bonds. The van der Waals surface area contributed by atoms with Crippen molar-refractivity contribution in [3.8, 4) is 5.75 Å². The molecular weight excluding hydrogens is 406 g/mol. The minimum atomic E-state index is -0.822. The fourth-order valence-electron chi connectivity index (χ4n) is 6.87. The second kappa shape index (κ2) is 11.3. The molecule has 0 bridgehead atoms. The van der Waals surface area contributed by atoms with Crippen LogP contribution in [0.15, 0.2) is 12.1 Å². The number of rotatable bonds is 7. The Morgan fingerprint density at radius 2 is 1.38 bits per heavy atom. The standard InChI is InChI=1S/C28H42F2O2/c1-3-5-24-15-14-23(18-32-24)21-8-6-19(7-9-21)20-10-12-22(13-11-20)25-16-17-26(31-4-2)28(30)27(25)29/h16-17,19-24H,3-15,18H2,1-2H3/t19?,20?,21?,22?,23-,24-/m0/s1. The van der Waals surface area contributed by atoms with Gasteiger partial charge in [0.2, 0.25) is 5.82 Å². The zero-order valence-electron chi connectivity index (χ0n) is 20.1. The normalized spacial score (nSPS) is 33.8. The van der Waals surface area contributed by atoms with Crippen LogP contribution in [0.5, 0.6) is 5.75 Å². The molecule has 1 saturated heterocycles. The van der Waals surface area contributed by atoms with E-state index in [0.29, 0.717) is 18.3 Å². The fraction of sp³-hybridized carbons (Fsp3) is 0.786. The molecule has 1 aromatic carbocycles. The summed E-state index contributed by atoms with van der Waals surface area (Å²) >= 11 is 0. The predicted octanol–water partition coefficient (Wildman–Crippen LogP) is 8.04. The van der Waals surface area contributed by atoms with Crippen molar-refractivity contribution >= 4 is 0 Å². The van der Waals surface area contributed by atoms with E-state index >= 15 is 0 Å². The molecule has 1 aromatic rings. The molecule has 0 aromatic heterocycles. The van der Waals surface area contributed by atoms with Crippen molar-refractivity contribution in [3.05, 3.63) is 29.3 Å². The Balaban J connectivity index is 1.23. The highest BCUT2D eigenvalue weighted by Gasteiger charge is 2.35. The van der Waals surface area contributed by atoms with E-state index in [-0.39, 0.29) is 11.7 Å². The maximum absolute atomic E-state index is 14.6. The van der Waals surface area contributed by atoms with E-state index in [1.54, 1.807) is 19.1 Å². The molecule has 2 nitrogen and oxygen atoms in total. The van der Waals surface area contributed by atoms with E-state index in [1.165, 1.54) is 51.4 Å². The monoisotopic (exact) mass is 448 g/mol. The molecule has 4 heteroatoms. The van der Waals surface area contributed by atoms with E-state index in [1.807, 2.05) is 0 Å². The molecule has 180 valence electrons. The lowest BCUT2D eigenvalue weighted by Gasteiger charge is -2.41. The van der Waals surface area contributed by atoms with E-state index in [0.717, 1.165) is 56.0 Å². The summed E-state index contributed by atoms with van der Waals surface area (Å²) in [4.78, 5) is 0. The zero-order valence-corrected chi connectivity index (χ0v) is 20.1. The number of ether oxygens (including phenoxy) is 2.